The van der Waals surface area contributed by atoms with E-state index in [1.54, 1.807) is 6.92 Å². The molecule has 7 heavy (non-hydrogen) atoms. The molecule has 1 rings (SSSR count). The van der Waals surface area contributed by atoms with E-state index in [1.807, 2.05) is 0 Å². The Labute approximate surface area is 51.4 Å². The molecule has 4 nitrogen and oxygen atoms in total. The van der Waals surface area contributed by atoms with Crippen LogP contribution in [0.15, 0.2) is 0 Å². The number of nitrogens with zero attached hydrogens (tertiary/aromatic N) is 3. The van der Waals surface area contributed by atoms with Crippen LogP contribution in [0.4, 0.5) is 0 Å². The number of rotatable bonds is 0. The lowest BCUT2D eigenvalue weighted by atomic mass is 10.8. The van der Waals surface area contributed by atoms with E-state index < -0.39 is 0 Å². The Balaban J connectivity index is 0.000000360. The normalized spacial score (nSPS) is 7.57. The molecule has 5 heteroatoms. The van der Waals surface area contributed by atoms with Gasteiger partial charge in [-0.3, -0.25) is 0 Å². The maximum atomic E-state index is 3.50. The standard InChI is InChI=1S/C2H4N4.Al.3H/c1-2-3-5-6-4-2;;;;/h1H3,(H,3,4,5,6);;;;. The smallest absolute Gasteiger partial charge is 0.187 e. The topological polar surface area (TPSA) is 54.5 Å². The van der Waals surface area contributed by atoms with Crippen molar-refractivity contribution in [2.24, 2.45) is 0 Å². The highest BCUT2D eigenvalue weighted by atomic mass is 27.0. The van der Waals surface area contributed by atoms with Crippen LogP contribution in [0.25, 0.3) is 0 Å². The van der Waals surface area contributed by atoms with Gasteiger partial charge in [-0.05, 0) is 17.4 Å². The van der Waals surface area contributed by atoms with Crippen LogP contribution in [0.5, 0.6) is 0 Å². The van der Waals surface area contributed by atoms with Gasteiger partial charge in [-0.15, -0.1) is 5.10 Å². The molecule has 0 fully saturated rings. The molecule has 1 heterocycles. The van der Waals surface area contributed by atoms with Crippen LogP contribution in [0.2, 0.25) is 0 Å². The summed E-state index contributed by atoms with van der Waals surface area (Å²) in [5.74, 6) is 0.745. The monoisotopic (exact) mass is 114 g/mol. The van der Waals surface area contributed by atoms with E-state index in [0.717, 1.165) is 5.82 Å². The predicted octanol–water partition coefficient (Wildman–Crippen LogP) is -1.68. The molecule has 0 saturated heterocycles. The Kier molecular flexibility index (Phi) is 2.57. The minimum absolute atomic E-state index is 0. The zero-order valence-corrected chi connectivity index (χ0v) is 3.34. The highest BCUT2D eigenvalue weighted by molar-refractivity contribution is 5.75. The first-order valence-electron chi connectivity index (χ1n) is 1.60. The van der Waals surface area contributed by atoms with Gasteiger partial charge in [-0.25, -0.2) is 5.10 Å². The van der Waals surface area contributed by atoms with Crippen LogP contribution in [-0.4, -0.2) is 38.0 Å². The van der Waals surface area contributed by atoms with Gasteiger partial charge in [0.25, 0.3) is 0 Å². The molecule has 1 aromatic heterocycles. The maximum absolute atomic E-state index is 3.50. The molecular formula is C2H7AlN4. The lowest BCUT2D eigenvalue weighted by molar-refractivity contribution is 0.881. The first-order chi connectivity index (χ1) is 2.89. The molecule has 0 aliphatic carbocycles. The number of aryl methyl sites for hydroxylation is 1. The highest BCUT2D eigenvalue weighted by Gasteiger charge is 1.77. The van der Waals surface area contributed by atoms with Crippen molar-refractivity contribution < 1.29 is 0 Å². The van der Waals surface area contributed by atoms with Crippen molar-refractivity contribution in [2.75, 3.05) is 0 Å². The molecule has 38 valence electrons. The van der Waals surface area contributed by atoms with Crippen molar-refractivity contribution in [1.29, 1.82) is 0 Å². The van der Waals surface area contributed by atoms with Gasteiger partial charge in [0.15, 0.2) is 17.4 Å². The number of aromatic amines is 1. The highest BCUT2D eigenvalue weighted by Crippen LogP contribution is 1.69. The fraction of sp³-hybridized carbons (Fsp3) is 0.500. The molecule has 0 aromatic carbocycles. The van der Waals surface area contributed by atoms with Gasteiger partial charge in [0.1, 0.15) is 5.82 Å². The van der Waals surface area contributed by atoms with Crippen LogP contribution in [0.1, 0.15) is 5.82 Å². The summed E-state index contributed by atoms with van der Waals surface area (Å²) in [6.07, 6.45) is 0. The summed E-state index contributed by atoms with van der Waals surface area (Å²) in [5, 5.41) is 12.6. The molecule has 0 saturated carbocycles. The molecule has 0 aliphatic heterocycles. The average molecular weight is 114 g/mol. The summed E-state index contributed by atoms with van der Waals surface area (Å²) < 4.78 is 0. The van der Waals surface area contributed by atoms with Crippen molar-refractivity contribution in [1.82, 2.24) is 20.6 Å². The van der Waals surface area contributed by atoms with E-state index in [4.69, 9.17) is 0 Å². The first kappa shape index (κ1) is 6.60. The Morgan fingerprint density at radius 2 is 2.29 bits per heavy atom. The minimum atomic E-state index is 0. The predicted molar refractivity (Wildman–Crippen MR) is 28.9 cm³/mol. The summed E-state index contributed by atoms with van der Waals surface area (Å²) in [5.41, 5.74) is 0. The SMILES string of the molecule is Cc1nnn[nH]1.[AlH3]. The molecule has 1 aromatic rings. The van der Waals surface area contributed by atoms with Gasteiger partial charge in [0.05, 0.1) is 0 Å². The van der Waals surface area contributed by atoms with Crippen molar-refractivity contribution >= 4 is 17.4 Å². The first-order valence-corrected chi connectivity index (χ1v) is 1.60. The largest absolute Gasteiger partial charge is 0.243 e. The van der Waals surface area contributed by atoms with Gasteiger partial charge in [0.2, 0.25) is 0 Å². The number of hydrogen-bond donors (Lipinski definition) is 1. The summed E-state index contributed by atoms with van der Waals surface area (Å²) >= 11 is 0. The third kappa shape index (κ3) is 1.67. The molecule has 0 spiro atoms. The summed E-state index contributed by atoms with van der Waals surface area (Å²) in [7, 11) is 0. The van der Waals surface area contributed by atoms with Gasteiger partial charge in [0, 0.05) is 0 Å². The third-order valence-electron chi connectivity index (χ3n) is 0.451. The fourth-order valence-electron chi connectivity index (χ4n) is 0.207. The van der Waals surface area contributed by atoms with Gasteiger partial charge >= 0.3 is 0 Å². The van der Waals surface area contributed by atoms with E-state index in [9.17, 15) is 0 Å². The van der Waals surface area contributed by atoms with E-state index in [-0.39, 0.29) is 17.4 Å². The van der Waals surface area contributed by atoms with Crippen molar-refractivity contribution in [3.63, 3.8) is 0 Å². The second kappa shape index (κ2) is 2.72. The Morgan fingerprint density at radius 1 is 1.57 bits per heavy atom. The second-order valence-corrected chi connectivity index (χ2v) is 0.987. The van der Waals surface area contributed by atoms with E-state index >= 15 is 0 Å². The molecule has 0 bridgehead atoms. The molecule has 0 amide bonds. The van der Waals surface area contributed by atoms with Crippen LogP contribution in [0, 0.1) is 6.92 Å². The molecule has 0 unspecified atom stereocenters. The number of nitrogens with one attached hydrogen (secondary N) is 1. The van der Waals surface area contributed by atoms with Crippen LogP contribution in [0.3, 0.4) is 0 Å². The van der Waals surface area contributed by atoms with E-state index in [1.165, 1.54) is 0 Å². The van der Waals surface area contributed by atoms with Crippen molar-refractivity contribution in [3.8, 4) is 0 Å². The van der Waals surface area contributed by atoms with Gasteiger partial charge < -0.3 is 0 Å². The van der Waals surface area contributed by atoms with Gasteiger partial charge in [-0.1, -0.05) is 0 Å². The molecule has 0 radical (unpaired) electrons. The van der Waals surface area contributed by atoms with Crippen molar-refractivity contribution in [2.45, 2.75) is 6.92 Å². The maximum Gasteiger partial charge on any atom is 0.187 e. The molecule has 0 aliphatic rings. The van der Waals surface area contributed by atoms with E-state index in [0.29, 0.717) is 0 Å². The number of H-pyrrole nitrogens is 1. The Hall–Kier alpha value is -0.398. The van der Waals surface area contributed by atoms with Crippen LogP contribution < -0.4 is 0 Å². The van der Waals surface area contributed by atoms with Crippen molar-refractivity contribution in [3.05, 3.63) is 5.82 Å². The van der Waals surface area contributed by atoms with Crippen LogP contribution in [-0.2, 0) is 0 Å². The second-order valence-electron chi connectivity index (χ2n) is 0.987. The molecular weight excluding hydrogens is 107 g/mol. The number of tetrazole rings is 1. The number of aromatic nitrogens is 4. The zero-order valence-electron chi connectivity index (χ0n) is 3.34. The van der Waals surface area contributed by atoms with Gasteiger partial charge in [-0.2, -0.15) is 0 Å². The fourth-order valence-corrected chi connectivity index (χ4v) is 0.207. The summed E-state index contributed by atoms with van der Waals surface area (Å²) in [6.45, 7) is 1.79. The lowest BCUT2D eigenvalue weighted by Gasteiger charge is -1.62. The molecule has 0 atom stereocenters. The van der Waals surface area contributed by atoms with Crippen LogP contribution >= 0.6 is 0 Å². The zero-order chi connectivity index (χ0) is 4.41. The minimum Gasteiger partial charge on any atom is -0.243 e. The Morgan fingerprint density at radius 3 is 2.43 bits per heavy atom. The quantitative estimate of drug-likeness (QED) is 0.410. The number of hydrogen-bond acceptors (Lipinski definition) is 3. The lowest BCUT2D eigenvalue weighted by Crippen LogP contribution is -1.69. The average Bonchev–Trinajstić information content (AvgIpc) is 1.86. The summed E-state index contributed by atoms with van der Waals surface area (Å²) in [6, 6.07) is 0. The molecule has 1 N–H and O–H groups in total. The summed E-state index contributed by atoms with van der Waals surface area (Å²) in [4.78, 5) is 0. The third-order valence-corrected chi connectivity index (χ3v) is 0.451. The Bertz CT molecular complexity index is 113. The van der Waals surface area contributed by atoms with E-state index in [2.05, 4.69) is 20.6 Å².